The summed E-state index contributed by atoms with van der Waals surface area (Å²) in [6.07, 6.45) is 2.96. The van der Waals surface area contributed by atoms with E-state index in [1.54, 1.807) is 6.07 Å². The quantitative estimate of drug-likeness (QED) is 0.738. The first-order chi connectivity index (χ1) is 10.5. The number of aromatic nitrogens is 2. The van der Waals surface area contributed by atoms with E-state index in [0.29, 0.717) is 10.1 Å². The smallest absolute Gasteiger partial charge is 0.341 e. The van der Waals surface area contributed by atoms with Crippen LogP contribution in [0.2, 0.25) is 0 Å². The molecule has 0 amide bonds. The molecule has 0 spiro atoms. The molecule has 22 heavy (non-hydrogen) atoms. The van der Waals surface area contributed by atoms with Crippen LogP contribution in [0.5, 0.6) is 0 Å². The maximum absolute atomic E-state index is 12.2. The van der Waals surface area contributed by atoms with Gasteiger partial charge < -0.3 is 20.7 Å². The second kappa shape index (κ2) is 5.69. The average Bonchev–Trinajstić information content (AvgIpc) is 2.48. The highest BCUT2D eigenvalue weighted by molar-refractivity contribution is 9.10. The van der Waals surface area contributed by atoms with E-state index in [1.165, 1.54) is 6.20 Å². The Labute approximate surface area is 134 Å². The number of carbonyl (C=O) groups is 1. The number of nitrogens with two attached hydrogens (primary N) is 1. The molecular weight excluding hydrogens is 352 g/mol. The zero-order valence-electron chi connectivity index (χ0n) is 11.7. The number of hydrogen-bond acceptors (Lipinski definition) is 5. The number of anilines is 1. The molecule has 1 aliphatic rings. The lowest BCUT2D eigenvalue weighted by molar-refractivity contribution is 0.0695. The topological polar surface area (TPSA) is 112 Å². The molecule has 116 valence electrons. The van der Waals surface area contributed by atoms with Gasteiger partial charge in [0.1, 0.15) is 17.0 Å². The number of nitrogens with one attached hydrogen (secondary N) is 1. The number of carboxylic acids is 1. The van der Waals surface area contributed by atoms with Crippen molar-refractivity contribution in [2.75, 3.05) is 18.0 Å². The molecule has 2 aromatic heterocycles. The minimum absolute atomic E-state index is 0.216. The number of aromatic carboxylic acids is 1. The lowest BCUT2D eigenvalue weighted by atomic mass is 10.1. The molecule has 3 rings (SSSR count). The number of nitrogens with zero attached hydrogens (tertiary/aromatic N) is 2. The van der Waals surface area contributed by atoms with Crippen LogP contribution in [0.25, 0.3) is 11.0 Å². The molecule has 2 aromatic rings. The molecule has 0 unspecified atom stereocenters. The molecule has 1 fully saturated rings. The van der Waals surface area contributed by atoms with Gasteiger partial charge in [-0.05, 0) is 34.8 Å². The zero-order valence-corrected chi connectivity index (χ0v) is 13.3. The summed E-state index contributed by atoms with van der Waals surface area (Å²) in [5, 5.41) is 9.26. The normalized spacial score (nSPS) is 16.2. The lowest BCUT2D eigenvalue weighted by Crippen LogP contribution is -2.40. The molecular formula is C14H15BrN4O3. The Bertz CT molecular complexity index is 797. The molecule has 1 aliphatic heterocycles. The van der Waals surface area contributed by atoms with Crippen molar-refractivity contribution in [3.63, 3.8) is 0 Å². The van der Waals surface area contributed by atoms with Crippen molar-refractivity contribution in [2.45, 2.75) is 18.9 Å². The minimum Gasteiger partial charge on any atom is -0.477 e. The van der Waals surface area contributed by atoms with E-state index in [0.717, 1.165) is 31.7 Å². The van der Waals surface area contributed by atoms with Gasteiger partial charge in [0.15, 0.2) is 0 Å². The van der Waals surface area contributed by atoms with Crippen LogP contribution >= 0.6 is 15.9 Å². The van der Waals surface area contributed by atoms with Crippen LogP contribution in [-0.4, -0.2) is 40.2 Å². The predicted octanol–water partition coefficient (Wildman–Crippen LogP) is 1.31. The molecule has 0 saturated carbocycles. The van der Waals surface area contributed by atoms with Crippen molar-refractivity contribution in [1.29, 1.82) is 0 Å². The first-order valence-electron chi connectivity index (χ1n) is 6.93. The van der Waals surface area contributed by atoms with Gasteiger partial charge in [0.2, 0.25) is 5.43 Å². The van der Waals surface area contributed by atoms with Gasteiger partial charge in [0.05, 0.1) is 9.86 Å². The van der Waals surface area contributed by atoms with E-state index >= 15 is 0 Å². The number of carboxylic acid groups (broad SMARTS) is 1. The number of fused-ring (bicyclic) bond motifs is 1. The van der Waals surface area contributed by atoms with Gasteiger partial charge in [-0.3, -0.25) is 4.79 Å². The van der Waals surface area contributed by atoms with Gasteiger partial charge in [-0.25, -0.2) is 9.78 Å². The van der Waals surface area contributed by atoms with E-state index in [2.05, 4.69) is 30.8 Å². The molecule has 1 saturated heterocycles. The second-order valence-corrected chi connectivity index (χ2v) is 6.21. The fourth-order valence-electron chi connectivity index (χ4n) is 2.61. The van der Waals surface area contributed by atoms with E-state index in [-0.39, 0.29) is 17.0 Å². The van der Waals surface area contributed by atoms with Crippen LogP contribution < -0.4 is 16.1 Å². The van der Waals surface area contributed by atoms with Crippen LogP contribution in [0, 0.1) is 0 Å². The molecule has 4 N–H and O–H groups in total. The number of rotatable bonds is 2. The van der Waals surface area contributed by atoms with Gasteiger partial charge >= 0.3 is 5.97 Å². The zero-order chi connectivity index (χ0) is 15.9. The Morgan fingerprint density at radius 1 is 1.45 bits per heavy atom. The summed E-state index contributed by atoms with van der Waals surface area (Å²) in [5.41, 5.74) is 5.45. The van der Waals surface area contributed by atoms with Gasteiger partial charge in [-0.1, -0.05) is 0 Å². The summed E-state index contributed by atoms with van der Waals surface area (Å²) in [6.45, 7) is 1.60. The largest absolute Gasteiger partial charge is 0.477 e. The maximum Gasteiger partial charge on any atom is 0.341 e. The molecule has 0 aromatic carbocycles. The summed E-state index contributed by atoms with van der Waals surface area (Å²) in [6, 6.07) is 1.84. The van der Waals surface area contributed by atoms with Crippen molar-refractivity contribution in [3.05, 3.63) is 32.5 Å². The summed E-state index contributed by atoms with van der Waals surface area (Å²) in [7, 11) is 0. The maximum atomic E-state index is 12.2. The number of H-pyrrole nitrogens is 1. The summed E-state index contributed by atoms with van der Waals surface area (Å²) >= 11 is 3.43. The van der Waals surface area contributed by atoms with Crippen molar-refractivity contribution in [1.82, 2.24) is 9.97 Å². The second-order valence-electron chi connectivity index (χ2n) is 5.35. The monoisotopic (exact) mass is 366 g/mol. The Kier molecular flexibility index (Phi) is 3.88. The summed E-state index contributed by atoms with van der Waals surface area (Å²) in [5.74, 6) is -0.522. The molecule has 0 bridgehead atoms. The molecule has 3 heterocycles. The van der Waals surface area contributed by atoms with Gasteiger partial charge in [-0.2, -0.15) is 0 Å². The lowest BCUT2D eigenvalue weighted by Gasteiger charge is -2.31. The van der Waals surface area contributed by atoms with Crippen LogP contribution in [0.15, 0.2) is 21.5 Å². The molecule has 0 aliphatic carbocycles. The Morgan fingerprint density at radius 3 is 2.77 bits per heavy atom. The van der Waals surface area contributed by atoms with Crippen molar-refractivity contribution >= 4 is 38.8 Å². The number of aromatic amines is 1. The first-order valence-corrected chi connectivity index (χ1v) is 7.72. The van der Waals surface area contributed by atoms with Gasteiger partial charge in [0.25, 0.3) is 0 Å². The highest BCUT2D eigenvalue weighted by Gasteiger charge is 2.21. The average molecular weight is 367 g/mol. The summed E-state index contributed by atoms with van der Waals surface area (Å²) < 4.78 is 0.670. The predicted molar refractivity (Wildman–Crippen MR) is 86.4 cm³/mol. The SMILES string of the molecule is NC1CCN(c2nc3[nH]cc(C(=O)O)c(=O)c3cc2Br)CC1. The highest BCUT2D eigenvalue weighted by atomic mass is 79.9. The van der Waals surface area contributed by atoms with Crippen molar-refractivity contribution < 1.29 is 9.90 Å². The Morgan fingerprint density at radius 2 is 2.14 bits per heavy atom. The Hall–Kier alpha value is -1.93. The third kappa shape index (κ3) is 2.59. The molecule has 7 nitrogen and oxygen atoms in total. The van der Waals surface area contributed by atoms with Gasteiger partial charge in [0, 0.05) is 25.3 Å². The number of hydrogen-bond donors (Lipinski definition) is 3. The molecule has 0 atom stereocenters. The standard InChI is InChI=1S/C14H15BrN4O3/c15-10-5-8-11(20)9(14(21)22)6-17-12(8)18-13(10)19-3-1-7(16)2-4-19/h5-7H,1-4,16H2,(H,21,22)(H,17,18,20). The summed E-state index contributed by atoms with van der Waals surface area (Å²) in [4.78, 5) is 32.6. The van der Waals surface area contributed by atoms with E-state index < -0.39 is 11.4 Å². The third-order valence-electron chi connectivity index (χ3n) is 3.87. The first kappa shape index (κ1) is 15.0. The van der Waals surface area contributed by atoms with Crippen LogP contribution in [0.3, 0.4) is 0 Å². The highest BCUT2D eigenvalue weighted by Crippen LogP contribution is 2.28. The minimum atomic E-state index is -1.26. The van der Waals surface area contributed by atoms with Crippen LogP contribution in [0.4, 0.5) is 5.82 Å². The van der Waals surface area contributed by atoms with Crippen LogP contribution in [0.1, 0.15) is 23.2 Å². The molecule has 8 heteroatoms. The molecule has 0 radical (unpaired) electrons. The van der Waals surface area contributed by atoms with Gasteiger partial charge in [-0.15, -0.1) is 0 Å². The Balaban J connectivity index is 2.08. The fraction of sp³-hybridized carbons (Fsp3) is 0.357. The third-order valence-corrected chi connectivity index (χ3v) is 4.45. The number of pyridine rings is 2. The van der Waals surface area contributed by atoms with E-state index in [4.69, 9.17) is 10.8 Å². The number of piperidine rings is 1. The fourth-order valence-corrected chi connectivity index (χ4v) is 3.17. The van der Waals surface area contributed by atoms with E-state index in [1.807, 2.05) is 0 Å². The van der Waals surface area contributed by atoms with Crippen molar-refractivity contribution in [2.24, 2.45) is 5.73 Å². The number of halogens is 1. The van der Waals surface area contributed by atoms with Crippen molar-refractivity contribution in [3.8, 4) is 0 Å². The van der Waals surface area contributed by atoms with Crippen LogP contribution in [-0.2, 0) is 0 Å². The van der Waals surface area contributed by atoms with E-state index in [9.17, 15) is 9.59 Å².